The minimum atomic E-state index is -4.63. The maximum Gasteiger partial charge on any atom is 0.416 e. The molecule has 0 radical (unpaired) electrons. The monoisotopic (exact) mass is 728 g/mol. The Kier molecular flexibility index (Phi) is 7.72. The van der Waals surface area contributed by atoms with Crippen molar-refractivity contribution in [2.45, 2.75) is 56.4 Å². The van der Waals surface area contributed by atoms with Crippen molar-refractivity contribution >= 4 is 40.5 Å². The van der Waals surface area contributed by atoms with E-state index in [4.69, 9.17) is 16.3 Å². The van der Waals surface area contributed by atoms with Crippen LogP contribution in [0.15, 0.2) is 35.4 Å². The fourth-order valence-corrected chi connectivity index (χ4v) is 8.11. The zero-order chi connectivity index (χ0) is 36.0. The van der Waals surface area contributed by atoms with Gasteiger partial charge in [0.05, 0.1) is 41.7 Å². The van der Waals surface area contributed by atoms with Crippen LogP contribution in [0.4, 0.5) is 23.2 Å². The summed E-state index contributed by atoms with van der Waals surface area (Å²) in [6.07, 6.45) is -2.32. The van der Waals surface area contributed by atoms with E-state index >= 15 is 4.39 Å². The Morgan fingerprint density at radius 2 is 2.04 bits per heavy atom. The van der Waals surface area contributed by atoms with Crippen LogP contribution in [-0.4, -0.2) is 83.4 Å². The average molecular weight is 729 g/mol. The number of hydrogen-bond acceptors (Lipinski definition) is 9. The second kappa shape index (κ2) is 11.8. The topological polar surface area (TPSA) is 157 Å². The van der Waals surface area contributed by atoms with E-state index in [0.29, 0.717) is 37.8 Å². The van der Waals surface area contributed by atoms with Crippen LogP contribution in [0.25, 0.3) is 11.4 Å². The molecular formula is C33H29ClF4N8O5. The average Bonchev–Trinajstić information content (AvgIpc) is 3.67. The number of carbonyl (C=O) groups is 2. The Morgan fingerprint density at radius 1 is 1.24 bits per heavy atom. The molecule has 4 aliphatic rings. The minimum absolute atomic E-state index is 0.0511. The summed E-state index contributed by atoms with van der Waals surface area (Å²) in [5, 5.41) is 17.2. The first-order valence-corrected chi connectivity index (χ1v) is 16.6. The number of alkyl halides is 4. The zero-order valence-corrected chi connectivity index (χ0v) is 27.6. The molecule has 1 aromatic carbocycles. The van der Waals surface area contributed by atoms with Crippen LogP contribution in [0, 0.1) is 12.8 Å². The third-order valence-corrected chi connectivity index (χ3v) is 10.7. The smallest absolute Gasteiger partial charge is 0.416 e. The number of amides is 2. The molecule has 0 bridgehead atoms. The molecule has 4 aromatic rings. The lowest BCUT2D eigenvalue weighted by atomic mass is 9.70. The van der Waals surface area contributed by atoms with Gasteiger partial charge in [0.25, 0.3) is 11.5 Å². The Hall–Kier alpha value is -4.90. The third kappa shape index (κ3) is 5.27. The Morgan fingerprint density at radius 3 is 2.75 bits per heavy atom. The predicted octanol–water partition coefficient (Wildman–Crippen LogP) is 4.05. The number of carbonyl (C=O) groups excluding carboxylic acids is 2. The van der Waals surface area contributed by atoms with Crippen molar-refractivity contribution in [3.05, 3.63) is 80.0 Å². The van der Waals surface area contributed by atoms with E-state index in [9.17, 15) is 32.7 Å². The molecule has 4 atom stereocenters. The molecule has 1 spiro atoms. The van der Waals surface area contributed by atoms with Crippen molar-refractivity contribution < 1.29 is 37.0 Å². The molecule has 3 aromatic heterocycles. The standard InChI is InChI=1S/C33H29ClF4N8O5/c1-15-27(48)25(40-14-39-15)30(50)44-7-6-32(22(35)12-44)19-11-18(19)26-24(32)29(49)46-31(42-28(43-46)16-4-8-51-9-5-16)45(26)13-23(47)41-21-3-2-17(10-20(21)34)33(36,37)38/h2-4,10,14,18-19,22,48H,5-9,11-13H2,1H3,(H,41,47). The van der Waals surface area contributed by atoms with Crippen LogP contribution < -0.4 is 10.9 Å². The van der Waals surface area contributed by atoms with Gasteiger partial charge in [-0.15, -0.1) is 5.10 Å². The summed E-state index contributed by atoms with van der Waals surface area (Å²) in [6, 6.07) is 2.56. The molecule has 2 N–H and O–H groups in total. The third-order valence-electron chi connectivity index (χ3n) is 10.4. The number of aryl methyl sites for hydroxylation is 1. The number of hydrogen-bond donors (Lipinski definition) is 2. The molecule has 266 valence electrons. The van der Waals surface area contributed by atoms with E-state index in [1.807, 2.05) is 0 Å². The van der Waals surface area contributed by atoms with Crippen molar-refractivity contribution in [3.8, 4) is 5.75 Å². The minimum Gasteiger partial charge on any atom is -0.504 e. The van der Waals surface area contributed by atoms with Crippen LogP contribution in [-0.2, 0) is 27.7 Å². The van der Waals surface area contributed by atoms with Gasteiger partial charge >= 0.3 is 6.18 Å². The van der Waals surface area contributed by atoms with Gasteiger partial charge in [0.1, 0.15) is 19.0 Å². The van der Waals surface area contributed by atoms with Crippen LogP contribution >= 0.6 is 11.6 Å². The van der Waals surface area contributed by atoms with Gasteiger partial charge < -0.3 is 24.6 Å². The molecule has 2 aliphatic carbocycles. The number of aromatic nitrogens is 6. The van der Waals surface area contributed by atoms with Crippen molar-refractivity contribution in [1.29, 1.82) is 0 Å². The molecule has 51 heavy (non-hydrogen) atoms. The number of benzene rings is 1. The van der Waals surface area contributed by atoms with Gasteiger partial charge in [-0.25, -0.2) is 14.4 Å². The summed E-state index contributed by atoms with van der Waals surface area (Å²) in [7, 11) is 0. The second-order valence-electron chi connectivity index (χ2n) is 13.2. The fourth-order valence-electron chi connectivity index (χ4n) is 7.88. The molecular weight excluding hydrogens is 700 g/mol. The number of nitrogens with zero attached hydrogens (tertiary/aromatic N) is 7. The van der Waals surface area contributed by atoms with E-state index < -0.39 is 53.0 Å². The largest absolute Gasteiger partial charge is 0.504 e. The van der Waals surface area contributed by atoms with Crippen LogP contribution in [0.2, 0.25) is 5.02 Å². The summed E-state index contributed by atoms with van der Waals surface area (Å²) in [6.45, 7) is 1.50. The van der Waals surface area contributed by atoms with Gasteiger partial charge in [-0.1, -0.05) is 17.7 Å². The molecule has 8 rings (SSSR count). The second-order valence-corrected chi connectivity index (χ2v) is 13.6. The number of anilines is 1. The molecule has 1 saturated heterocycles. The molecule has 2 amide bonds. The summed E-state index contributed by atoms with van der Waals surface area (Å²) >= 11 is 6.12. The number of rotatable bonds is 5. The Bertz CT molecular complexity index is 2240. The molecule has 4 unspecified atom stereocenters. The lowest BCUT2D eigenvalue weighted by Crippen LogP contribution is -2.55. The highest BCUT2D eigenvalue weighted by Gasteiger charge is 2.68. The summed E-state index contributed by atoms with van der Waals surface area (Å²) in [5.74, 6) is -2.03. The fraction of sp³-hybridized carbons (Fsp3) is 0.424. The van der Waals surface area contributed by atoms with Crippen molar-refractivity contribution in [1.82, 2.24) is 34.0 Å². The van der Waals surface area contributed by atoms with Gasteiger partial charge in [0.2, 0.25) is 11.7 Å². The lowest BCUT2D eigenvalue weighted by molar-refractivity contribution is -0.137. The SMILES string of the molecule is Cc1ncnc(C(=O)N2CCC3(c4c(n(CC(=O)Nc5ccc(C(F)(F)F)cc5Cl)c5nc(C6=CCOCC6)nn5c4=O)C4CC43)C(F)C2)c1O. The first-order valence-electron chi connectivity index (χ1n) is 16.2. The van der Waals surface area contributed by atoms with Crippen molar-refractivity contribution in [3.63, 3.8) is 0 Å². The van der Waals surface area contributed by atoms with Gasteiger partial charge in [-0.05, 0) is 55.9 Å². The number of nitrogens with one attached hydrogen (secondary N) is 1. The number of piperidine rings is 1. The van der Waals surface area contributed by atoms with Gasteiger partial charge in [-0.3, -0.25) is 14.4 Å². The molecule has 1 saturated carbocycles. The van der Waals surface area contributed by atoms with E-state index in [0.717, 1.165) is 28.5 Å². The van der Waals surface area contributed by atoms with Gasteiger partial charge in [0.15, 0.2) is 17.3 Å². The van der Waals surface area contributed by atoms with Crippen LogP contribution in [0.1, 0.15) is 64.0 Å². The van der Waals surface area contributed by atoms with E-state index in [1.54, 1.807) is 6.08 Å². The van der Waals surface area contributed by atoms with Crippen LogP contribution in [0.5, 0.6) is 5.75 Å². The summed E-state index contributed by atoms with van der Waals surface area (Å²) < 4.78 is 64.5. The highest BCUT2D eigenvalue weighted by Crippen LogP contribution is 2.68. The highest BCUT2D eigenvalue weighted by molar-refractivity contribution is 6.33. The van der Waals surface area contributed by atoms with Crippen molar-refractivity contribution in [2.24, 2.45) is 5.92 Å². The first-order chi connectivity index (χ1) is 24.3. The number of fused-ring (bicyclic) bond motifs is 6. The lowest BCUT2D eigenvalue weighted by Gasteiger charge is -2.43. The molecule has 2 aliphatic heterocycles. The zero-order valence-electron chi connectivity index (χ0n) is 26.9. The molecule has 13 nitrogen and oxygen atoms in total. The highest BCUT2D eigenvalue weighted by atomic mass is 35.5. The van der Waals surface area contributed by atoms with E-state index in [-0.39, 0.29) is 70.6 Å². The molecule has 5 heterocycles. The number of ether oxygens (including phenoxy) is 1. The summed E-state index contributed by atoms with van der Waals surface area (Å²) in [4.78, 5) is 55.1. The van der Waals surface area contributed by atoms with E-state index in [1.165, 1.54) is 16.4 Å². The normalized spacial score (nSPS) is 24.0. The number of halogens is 5. The van der Waals surface area contributed by atoms with Gasteiger partial charge in [0, 0.05) is 29.1 Å². The van der Waals surface area contributed by atoms with Gasteiger partial charge in [-0.2, -0.15) is 22.7 Å². The van der Waals surface area contributed by atoms with Crippen molar-refractivity contribution in [2.75, 3.05) is 31.6 Å². The molecule has 18 heteroatoms. The maximum atomic E-state index is 16.8. The predicted molar refractivity (Wildman–Crippen MR) is 172 cm³/mol. The van der Waals surface area contributed by atoms with E-state index in [2.05, 4.69) is 25.4 Å². The Labute approximate surface area is 290 Å². The van der Waals surface area contributed by atoms with Crippen LogP contribution in [0.3, 0.4) is 0 Å². The quantitative estimate of drug-likeness (QED) is 0.290. The molecule has 2 fully saturated rings. The number of aromatic hydroxyl groups is 1. The Balaban J connectivity index is 1.19. The first kappa shape index (κ1) is 33.3. The summed E-state index contributed by atoms with van der Waals surface area (Å²) in [5.41, 5.74) is -1.63. The number of likely N-dealkylation sites (tertiary alicyclic amines) is 1. The maximum absolute atomic E-state index is 16.8.